The smallest absolute Gasteiger partial charge is 0.317 e. The van der Waals surface area contributed by atoms with E-state index in [1.807, 2.05) is 24.9 Å². The first-order chi connectivity index (χ1) is 9.52. The van der Waals surface area contributed by atoms with Crippen LogP contribution in [-0.2, 0) is 6.54 Å². The first-order valence-electron chi connectivity index (χ1n) is 7.60. The lowest BCUT2D eigenvalue weighted by atomic mass is 10.1. The summed E-state index contributed by atoms with van der Waals surface area (Å²) in [7, 11) is 0. The summed E-state index contributed by atoms with van der Waals surface area (Å²) < 4.78 is 2.30. The lowest BCUT2D eigenvalue weighted by Crippen LogP contribution is -2.41. The Morgan fingerprint density at radius 2 is 2.30 bits per heavy atom. The van der Waals surface area contributed by atoms with Crippen LogP contribution >= 0.6 is 0 Å². The van der Waals surface area contributed by atoms with Gasteiger partial charge in [-0.2, -0.15) is 0 Å². The molecule has 0 aliphatic carbocycles. The molecule has 0 radical (unpaired) electrons. The zero-order valence-corrected chi connectivity index (χ0v) is 13.0. The summed E-state index contributed by atoms with van der Waals surface area (Å²) in [5, 5.41) is 2.96. The molecule has 1 aromatic heterocycles. The summed E-state index contributed by atoms with van der Waals surface area (Å²) in [6.07, 6.45) is 4.06. The average Bonchev–Trinajstić information content (AvgIpc) is 2.97. The zero-order valence-electron chi connectivity index (χ0n) is 13.0. The minimum atomic E-state index is 0.0489. The number of nitrogens with one attached hydrogen (secondary N) is 1. The highest BCUT2D eigenvalue weighted by molar-refractivity contribution is 5.74. The molecule has 1 unspecified atom stereocenters. The highest BCUT2D eigenvalue weighted by Crippen LogP contribution is 2.27. The molecule has 5 nitrogen and oxygen atoms in total. The number of hydrogen-bond donors (Lipinski definition) is 1. The fraction of sp³-hybridized carbons (Fsp3) is 0.733. The maximum absolute atomic E-state index is 12.0. The number of hydrogen-bond acceptors (Lipinski definition) is 2. The maximum Gasteiger partial charge on any atom is 0.317 e. The highest BCUT2D eigenvalue weighted by atomic mass is 16.2. The van der Waals surface area contributed by atoms with Gasteiger partial charge in [-0.25, -0.2) is 9.78 Å². The minimum absolute atomic E-state index is 0.0489. The molecule has 20 heavy (non-hydrogen) atoms. The molecular weight excluding hydrogens is 252 g/mol. The summed E-state index contributed by atoms with van der Waals surface area (Å²) in [6, 6.07) is 0.235. The van der Waals surface area contributed by atoms with Gasteiger partial charge in [0.05, 0.1) is 0 Å². The van der Waals surface area contributed by atoms with Crippen LogP contribution in [0.15, 0.2) is 6.20 Å². The van der Waals surface area contributed by atoms with Gasteiger partial charge in [0.15, 0.2) is 0 Å². The van der Waals surface area contributed by atoms with Gasteiger partial charge >= 0.3 is 6.03 Å². The van der Waals surface area contributed by atoms with Crippen molar-refractivity contribution in [3.05, 3.63) is 17.7 Å². The van der Waals surface area contributed by atoms with E-state index in [0.717, 1.165) is 38.3 Å². The highest BCUT2D eigenvalue weighted by Gasteiger charge is 2.30. The molecule has 2 amide bonds. The Hall–Kier alpha value is -1.52. The molecule has 2 heterocycles. The molecule has 112 valence electrons. The summed E-state index contributed by atoms with van der Waals surface area (Å²) in [5.41, 5.74) is 1.21. The molecule has 2 rings (SSSR count). The molecule has 1 aromatic rings. The third-order valence-corrected chi connectivity index (χ3v) is 3.79. The quantitative estimate of drug-likeness (QED) is 0.920. The van der Waals surface area contributed by atoms with Crippen molar-refractivity contribution in [1.29, 1.82) is 0 Å². The number of urea groups is 1. The zero-order chi connectivity index (χ0) is 14.7. The van der Waals surface area contributed by atoms with Crippen LogP contribution < -0.4 is 5.32 Å². The lowest BCUT2D eigenvalue weighted by molar-refractivity contribution is 0.205. The predicted octanol–water partition coefficient (Wildman–Crippen LogP) is 2.51. The van der Waals surface area contributed by atoms with Crippen molar-refractivity contribution in [2.45, 2.75) is 59.0 Å². The van der Waals surface area contributed by atoms with Gasteiger partial charge in [-0.1, -0.05) is 6.92 Å². The summed E-state index contributed by atoms with van der Waals surface area (Å²) in [6.45, 7) is 10.9. The van der Waals surface area contributed by atoms with Crippen molar-refractivity contribution in [1.82, 2.24) is 19.8 Å². The third kappa shape index (κ3) is 3.14. The molecule has 1 aliphatic rings. The summed E-state index contributed by atoms with van der Waals surface area (Å²) in [5.74, 6) is 1.51. The topological polar surface area (TPSA) is 50.2 Å². The molecule has 5 heteroatoms. The number of nitrogens with zero attached hydrogens (tertiary/aromatic N) is 3. The molecule has 1 aliphatic heterocycles. The van der Waals surface area contributed by atoms with E-state index in [4.69, 9.17) is 0 Å². The molecule has 1 N–H and O–H groups in total. The molecular formula is C15H26N4O. The van der Waals surface area contributed by atoms with Gasteiger partial charge in [-0.05, 0) is 33.6 Å². The number of aryl methyl sites for hydroxylation is 1. The molecule has 0 spiro atoms. The number of carbonyl (C=O) groups excluding carboxylic acids is 1. The van der Waals surface area contributed by atoms with Gasteiger partial charge in [0.1, 0.15) is 5.82 Å². The van der Waals surface area contributed by atoms with Crippen LogP contribution in [0.2, 0.25) is 0 Å². The fourth-order valence-electron chi connectivity index (χ4n) is 2.81. The van der Waals surface area contributed by atoms with E-state index >= 15 is 0 Å². The van der Waals surface area contributed by atoms with Crippen LogP contribution in [0, 0.1) is 6.92 Å². The summed E-state index contributed by atoms with van der Waals surface area (Å²) >= 11 is 0. The van der Waals surface area contributed by atoms with E-state index in [1.54, 1.807) is 0 Å². The second kappa shape index (κ2) is 6.29. The van der Waals surface area contributed by atoms with Gasteiger partial charge in [-0.15, -0.1) is 0 Å². The largest absolute Gasteiger partial charge is 0.336 e. The van der Waals surface area contributed by atoms with E-state index in [0.29, 0.717) is 5.92 Å². The van der Waals surface area contributed by atoms with E-state index in [-0.39, 0.29) is 12.1 Å². The molecule has 0 bridgehead atoms. The Kier molecular flexibility index (Phi) is 4.68. The van der Waals surface area contributed by atoms with E-state index < -0.39 is 0 Å². The van der Waals surface area contributed by atoms with Crippen LogP contribution in [0.1, 0.15) is 51.0 Å². The van der Waals surface area contributed by atoms with Crippen LogP contribution in [0.5, 0.6) is 0 Å². The lowest BCUT2D eigenvalue weighted by Gasteiger charge is -2.19. The maximum atomic E-state index is 12.0. The van der Waals surface area contributed by atoms with Crippen molar-refractivity contribution in [2.75, 3.05) is 13.1 Å². The molecule has 1 saturated heterocycles. The van der Waals surface area contributed by atoms with Crippen LogP contribution in [0.4, 0.5) is 4.79 Å². The second-order valence-electron chi connectivity index (χ2n) is 5.95. The monoisotopic (exact) mass is 278 g/mol. The Bertz CT molecular complexity index is 466. The normalized spacial score (nSPS) is 18.9. The van der Waals surface area contributed by atoms with Crippen molar-refractivity contribution in [2.24, 2.45) is 0 Å². The molecule has 0 aromatic carbocycles. The van der Waals surface area contributed by atoms with Gasteiger partial charge in [-0.3, -0.25) is 0 Å². The van der Waals surface area contributed by atoms with E-state index in [9.17, 15) is 4.79 Å². The first-order valence-corrected chi connectivity index (χ1v) is 7.60. The Balaban J connectivity index is 2.04. The number of likely N-dealkylation sites (tertiary alicyclic amines) is 1. The number of imidazole rings is 1. The average molecular weight is 278 g/mol. The first kappa shape index (κ1) is 14.9. The van der Waals surface area contributed by atoms with Crippen molar-refractivity contribution < 1.29 is 4.79 Å². The molecule has 0 saturated carbocycles. The summed E-state index contributed by atoms with van der Waals surface area (Å²) in [4.78, 5) is 18.5. The van der Waals surface area contributed by atoms with Gasteiger partial charge in [0.25, 0.3) is 0 Å². The molecule has 1 fully saturated rings. The second-order valence-corrected chi connectivity index (χ2v) is 5.95. The third-order valence-electron chi connectivity index (χ3n) is 3.79. The van der Waals surface area contributed by atoms with Crippen molar-refractivity contribution in [3.63, 3.8) is 0 Å². The Morgan fingerprint density at radius 3 is 2.95 bits per heavy atom. The predicted molar refractivity (Wildman–Crippen MR) is 79.9 cm³/mol. The van der Waals surface area contributed by atoms with Crippen LogP contribution in [0.3, 0.4) is 0 Å². The van der Waals surface area contributed by atoms with Crippen LogP contribution in [-0.4, -0.2) is 39.6 Å². The SMILES string of the molecule is CCCn1c(C)cnc1C1CCN(C(=O)NC(C)C)C1. The number of aromatic nitrogens is 2. The van der Waals surface area contributed by atoms with Crippen molar-refractivity contribution >= 4 is 6.03 Å². The van der Waals surface area contributed by atoms with E-state index in [2.05, 4.69) is 28.7 Å². The van der Waals surface area contributed by atoms with Gasteiger partial charge < -0.3 is 14.8 Å². The minimum Gasteiger partial charge on any atom is -0.336 e. The van der Waals surface area contributed by atoms with Gasteiger partial charge in [0.2, 0.25) is 0 Å². The van der Waals surface area contributed by atoms with Gasteiger partial charge in [0, 0.05) is 43.5 Å². The van der Waals surface area contributed by atoms with Crippen molar-refractivity contribution in [3.8, 4) is 0 Å². The Morgan fingerprint density at radius 1 is 1.55 bits per heavy atom. The van der Waals surface area contributed by atoms with E-state index in [1.165, 1.54) is 5.69 Å². The number of amides is 2. The number of rotatable bonds is 4. The van der Waals surface area contributed by atoms with Crippen LogP contribution in [0.25, 0.3) is 0 Å². The number of carbonyl (C=O) groups is 1. The molecule has 1 atom stereocenters. The Labute approximate surface area is 121 Å². The standard InChI is InChI=1S/C15H26N4O/c1-5-7-19-12(4)9-16-14(19)13-6-8-18(10-13)15(20)17-11(2)3/h9,11,13H,5-8,10H2,1-4H3,(H,17,20). The fourth-order valence-corrected chi connectivity index (χ4v) is 2.81.